The molecule has 2 aromatic carbocycles. The lowest BCUT2D eigenvalue weighted by Crippen LogP contribution is -2.54. The van der Waals surface area contributed by atoms with Crippen molar-refractivity contribution in [3.8, 4) is 11.3 Å². The molecule has 3 aromatic rings. The summed E-state index contributed by atoms with van der Waals surface area (Å²) in [6.45, 7) is 1.61. The van der Waals surface area contributed by atoms with Gasteiger partial charge in [-0.05, 0) is 74.4 Å². The fraction of sp³-hybridized carbons (Fsp3) is 0.500. The highest BCUT2D eigenvalue weighted by atomic mass is 19.4. The van der Waals surface area contributed by atoms with Gasteiger partial charge in [0, 0.05) is 42.5 Å². The van der Waals surface area contributed by atoms with E-state index in [1.807, 2.05) is 24.3 Å². The Hall–Kier alpha value is -3.04. The van der Waals surface area contributed by atoms with Crippen LogP contribution in [0.25, 0.3) is 11.3 Å². The second-order valence-corrected chi connectivity index (χ2v) is 11.3. The first-order valence-electron chi connectivity index (χ1n) is 14.0. The summed E-state index contributed by atoms with van der Waals surface area (Å²) >= 11 is 0. The van der Waals surface area contributed by atoms with E-state index in [2.05, 4.69) is 20.5 Å². The number of anilines is 2. The van der Waals surface area contributed by atoms with E-state index in [1.165, 1.54) is 12.1 Å². The largest absolute Gasteiger partial charge is 0.424 e. The molecule has 39 heavy (non-hydrogen) atoms. The predicted molar refractivity (Wildman–Crippen MR) is 145 cm³/mol. The monoisotopic (exact) mass is 540 g/mol. The minimum atomic E-state index is -4.32. The fourth-order valence-corrected chi connectivity index (χ4v) is 6.02. The molecule has 9 heteroatoms. The Labute approximate surface area is 226 Å². The number of hydrogen-bond donors (Lipinski definition) is 3. The van der Waals surface area contributed by atoms with E-state index in [4.69, 9.17) is 4.42 Å². The Morgan fingerprint density at radius 3 is 2.49 bits per heavy atom. The van der Waals surface area contributed by atoms with Gasteiger partial charge in [0.1, 0.15) is 0 Å². The molecule has 1 aromatic heterocycles. The molecule has 1 aliphatic heterocycles. The smallest absolute Gasteiger partial charge is 0.416 e. The lowest BCUT2D eigenvalue weighted by molar-refractivity contribution is -0.137. The molecule has 0 amide bonds. The Bertz CT molecular complexity index is 1270. The average Bonchev–Trinajstić information content (AvgIpc) is 3.52. The summed E-state index contributed by atoms with van der Waals surface area (Å²) < 4.78 is 45.0. The molecule has 2 saturated carbocycles. The summed E-state index contributed by atoms with van der Waals surface area (Å²) in [6, 6.07) is 14.5. The molecule has 2 heterocycles. The van der Waals surface area contributed by atoms with Gasteiger partial charge in [0.05, 0.1) is 17.4 Å². The number of piperidine rings is 1. The van der Waals surface area contributed by atoms with Crippen LogP contribution in [0.2, 0.25) is 0 Å². The van der Waals surface area contributed by atoms with Crippen LogP contribution < -0.4 is 15.5 Å². The number of oxazole rings is 1. The summed E-state index contributed by atoms with van der Waals surface area (Å²) in [7, 11) is 0. The van der Waals surface area contributed by atoms with Gasteiger partial charge < -0.3 is 25.1 Å². The van der Waals surface area contributed by atoms with Crippen LogP contribution in [0, 0.1) is 0 Å². The second-order valence-electron chi connectivity index (χ2n) is 11.3. The molecule has 0 radical (unpaired) electrons. The lowest BCUT2D eigenvalue weighted by atomic mass is 9.89. The molecule has 6 nitrogen and oxygen atoms in total. The highest BCUT2D eigenvalue weighted by Gasteiger charge is 2.42. The first kappa shape index (κ1) is 26.2. The van der Waals surface area contributed by atoms with Crippen LogP contribution in [0.4, 0.5) is 24.9 Å². The fourth-order valence-electron chi connectivity index (χ4n) is 6.02. The molecule has 3 atom stereocenters. The molecular formula is C30H35F3N4O2. The first-order chi connectivity index (χ1) is 18.8. The molecule has 0 unspecified atom stereocenters. The zero-order valence-corrected chi connectivity index (χ0v) is 21.9. The van der Waals surface area contributed by atoms with Gasteiger partial charge in [0.15, 0.2) is 5.76 Å². The van der Waals surface area contributed by atoms with Gasteiger partial charge in [-0.2, -0.15) is 13.2 Å². The SMILES string of the molecule is OC1(c2cccc(-c3cnc(N[C@@H]4CCCC[C@H]4N[C@H]4CCCN(c5ccc(C(F)(F)F)cc5)C4)o3)c2)CC1. The van der Waals surface area contributed by atoms with Crippen molar-refractivity contribution in [1.82, 2.24) is 10.3 Å². The maximum atomic E-state index is 13.0. The van der Waals surface area contributed by atoms with Gasteiger partial charge in [-0.15, -0.1) is 0 Å². The standard InChI is InChI=1S/C30H35F3N4O2/c31-30(32,33)21-10-12-24(13-11-21)37-16-4-7-23(19-37)35-25-8-1-2-9-26(25)36-28-34-18-27(39-28)20-5-3-6-22(17-20)29(38)14-15-29/h3,5-6,10-13,17-18,23,25-26,35,38H,1-2,4,7-9,14-16,19H2,(H,34,36)/t23-,25+,26+/m0/s1. The first-order valence-corrected chi connectivity index (χ1v) is 14.0. The van der Waals surface area contributed by atoms with Gasteiger partial charge in [-0.25, -0.2) is 4.98 Å². The molecule has 3 fully saturated rings. The summed E-state index contributed by atoms with van der Waals surface area (Å²) in [4.78, 5) is 6.67. The van der Waals surface area contributed by atoms with Gasteiger partial charge >= 0.3 is 6.18 Å². The minimum absolute atomic E-state index is 0.171. The topological polar surface area (TPSA) is 73.6 Å². The summed E-state index contributed by atoms with van der Waals surface area (Å²) in [6.07, 6.45) is 5.34. The van der Waals surface area contributed by atoms with Gasteiger partial charge in [0.2, 0.25) is 0 Å². The van der Waals surface area contributed by atoms with Crippen LogP contribution in [0.5, 0.6) is 0 Å². The average molecular weight is 541 g/mol. The van der Waals surface area contributed by atoms with Crippen LogP contribution in [0.15, 0.2) is 59.1 Å². The third kappa shape index (κ3) is 5.94. The molecule has 2 aliphatic carbocycles. The van der Waals surface area contributed by atoms with E-state index in [-0.39, 0.29) is 18.1 Å². The number of benzene rings is 2. The van der Waals surface area contributed by atoms with Crippen LogP contribution in [-0.2, 0) is 11.8 Å². The molecule has 3 N–H and O–H groups in total. The Kier molecular flexibility index (Phi) is 7.05. The van der Waals surface area contributed by atoms with Crippen LogP contribution in [0.1, 0.15) is 62.5 Å². The number of nitrogens with one attached hydrogen (secondary N) is 2. The molecular weight excluding hydrogens is 505 g/mol. The molecule has 6 rings (SSSR count). The molecule has 1 saturated heterocycles. The summed E-state index contributed by atoms with van der Waals surface area (Å²) in [5, 5.41) is 17.8. The van der Waals surface area contributed by atoms with Crippen molar-refractivity contribution >= 4 is 11.7 Å². The quantitative estimate of drug-likeness (QED) is 0.326. The Balaban J connectivity index is 1.09. The normalized spacial score (nSPS) is 24.9. The van der Waals surface area contributed by atoms with E-state index in [0.29, 0.717) is 11.8 Å². The maximum absolute atomic E-state index is 13.0. The van der Waals surface area contributed by atoms with Crippen molar-refractivity contribution < 1.29 is 22.7 Å². The predicted octanol–water partition coefficient (Wildman–Crippen LogP) is 6.32. The van der Waals surface area contributed by atoms with Crippen LogP contribution >= 0.6 is 0 Å². The summed E-state index contributed by atoms with van der Waals surface area (Å²) in [5.74, 6) is 0.670. The van der Waals surface area contributed by atoms with E-state index < -0.39 is 17.3 Å². The zero-order valence-electron chi connectivity index (χ0n) is 21.9. The molecule has 208 valence electrons. The molecule has 3 aliphatic rings. The Morgan fingerprint density at radius 2 is 1.74 bits per heavy atom. The van der Waals surface area contributed by atoms with Gasteiger partial charge in [-0.1, -0.05) is 31.0 Å². The minimum Gasteiger partial charge on any atom is -0.424 e. The van der Waals surface area contributed by atoms with Crippen molar-refractivity contribution in [2.75, 3.05) is 23.3 Å². The van der Waals surface area contributed by atoms with E-state index in [0.717, 1.165) is 81.3 Å². The number of nitrogens with zero attached hydrogens (tertiary/aromatic N) is 2. The number of rotatable bonds is 7. The molecule has 0 spiro atoms. The van der Waals surface area contributed by atoms with Crippen molar-refractivity contribution in [3.05, 3.63) is 65.9 Å². The molecule has 0 bridgehead atoms. The summed E-state index contributed by atoms with van der Waals surface area (Å²) in [5.41, 5.74) is 1.34. The van der Waals surface area contributed by atoms with E-state index in [9.17, 15) is 18.3 Å². The Morgan fingerprint density at radius 1 is 0.974 bits per heavy atom. The number of hydrogen-bond acceptors (Lipinski definition) is 6. The van der Waals surface area contributed by atoms with Crippen LogP contribution in [-0.4, -0.2) is 41.3 Å². The van der Waals surface area contributed by atoms with E-state index >= 15 is 0 Å². The third-order valence-electron chi connectivity index (χ3n) is 8.42. The number of halogens is 3. The zero-order chi connectivity index (χ0) is 27.0. The van der Waals surface area contributed by atoms with Crippen molar-refractivity contribution in [1.29, 1.82) is 0 Å². The number of aromatic nitrogens is 1. The lowest BCUT2D eigenvalue weighted by Gasteiger charge is -2.40. The van der Waals surface area contributed by atoms with Gasteiger partial charge in [-0.3, -0.25) is 0 Å². The third-order valence-corrected chi connectivity index (χ3v) is 8.42. The number of alkyl halides is 3. The van der Waals surface area contributed by atoms with E-state index in [1.54, 1.807) is 18.3 Å². The van der Waals surface area contributed by atoms with Crippen molar-refractivity contribution in [2.24, 2.45) is 0 Å². The van der Waals surface area contributed by atoms with Crippen molar-refractivity contribution in [2.45, 2.75) is 81.3 Å². The number of aliphatic hydroxyl groups is 1. The van der Waals surface area contributed by atoms with Gasteiger partial charge in [0.25, 0.3) is 6.01 Å². The van der Waals surface area contributed by atoms with Crippen LogP contribution in [0.3, 0.4) is 0 Å². The second kappa shape index (κ2) is 10.5. The highest BCUT2D eigenvalue weighted by molar-refractivity contribution is 5.59. The maximum Gasteiger partial charge on any atom is 0.416 e. The highest BCUT2D eigenvalue weighted by Crippen LogP contribution is 2.46. The van der Waals surface area contributed by atoms with Crippen molar-refractivity contribution in [3.63, 3.8) is 0 Å².